The minimum Gasteiger partial charge on any atom is -0.494 e. The summed E-state index contributed by atoms with van der Waals surface area (Å²) in [4.78, 5) is 19.9. The van der Waals surface area contributed by atoms with Crippen LogP contribution in [-0.4, -0.2) is 36.8 Å². The van der Waals surface area contributed by atoms with Gasteiger partial charge in [-0.2, -0.15) is 0 Å². The maximum atomic E-state index is 13.4. The molecule has 1 atom stereocenters. The van der Waals surface area contributed by atoms with E-state index in [9.17, 15) is 4.79 Å². The molecule has 1 amide bonds. The number of fused-ring (bicyclic) bond motifs is 1. The molecule has 0 bridgehead atoms. The number of rotatable bonds is 6. The molecular weight excluding hydrogens is 487 g/mol. The van der Waals surface area contributed by atoms with Crippen LogP contribution in [0, 0.1) is 3.57 Å². The van der Waals surface area contributed by atoms with Crippen molar-refractivity contribution in [3.05, 3.63) is 51.6 Å². The topological polar surface area (TPSA) is 51.7 Å². The van der Waals surface area contributed by atoms with Gasteiger partial charge in [0.05, 0.1) is 35.0 Å². The van der Waals surface area contributed by atoms with Crippen molar-refractivity contribution < 1.29 is 14.3 Å². The van der Waals surface area contributed by atoms with Crippen LogP contribution < -0.4 is 9.64 Å². The summed E-state index contributed by atoms with van der Waals surface area (Å²) in [5.41, 5.74) is 1.56. The molecule has 0 aliphatic carbocycles. The SMILES string of the molecule is CCOc1ccc2nc(N(CC3CCCO3)C(=O)c3ccccc3I)sc2c1. The summed E-state index contributed by atoms with van der Waals surface area (Å²) in [6.45, 7) is 3.86. The first-order valence-electron chi connectivity index (χ1n) is 9.37. The highest BCUT2D eigenvalue weighted by atomic mass is 127. The van der Waals surface area contributed by atoms with E-state index in [0.717, 1.165) is 39.0 Å². The number of carbonyl (C=O) groups is 1. The van der Waals surface area contributed by atoms with Crippen LogP contribution in [0.25, 0.3) is 10.2 Å². The van der Waals surface area contributed by atoms with Crippen molar-refractivity contribution in [2.24, 2.45) is 0 Å². The van der Waals surface area contributed by atoms with Crippen LogP contribution in [0.1, 0.15) is 30.1 Å². The van der Waals surface area contributed by atoms with Crippen LogP contribution in [-0.2, 0) is 4.74 Å². The number of thiazole rings is 1. The van der Waals surface area contributed by atoms with Crippen LogP contribution in [0.4, 0.5) is 5.13 Å². The fraction of sp³-hybridized carbons (Fsp3) is 0.333. The van der Waals surface area contributed by atoms with Gasteiger partial charge in [-0.05, 0) is 72.7 Å². The van der Waals surface area contributed by atoms with Crippen LogP contribution >= 0.6 is 33.9 Å². The number of aromatic nitrogens is 1. The van der Waals surface area contributed by atoms with Gasteiger partial charge in [-0.25, -0.2) is 4.98 Å². The first-order valence-corrected chi connectivity index (χ1v) is 11.3. The Morgan fingerprint density at radius 2 is 2.21 bits per heavy atom. The van der Waals surface area contributed by atoms with E-state index in [-0.39, 0.29) is 12.0 Å². The predicted octanol–water partition coefficient (Wildman–Crippen LogP) is 5.13. The highest BCUT2D eigenvalue weighted by Crippen LogP contribution is 2.33. The Hall–Kier alpha value is -1.71. The summed E-state index contributed by atoms with van der Waals surface area (Å²) < 4.78 is 13.3. The molecule has 2 heterocycles. The molecule has 4 rings (SSSR count). The molecule has 3 aromatic rings. The number of amides is 1. The second kappa shape index (κ2) is 8.75. The molecule has 1 aromatic heterocycles. The molecule has 1 aliphatic rings. The van der Waals surface area contributed by atoms with Gasteiger partial charge in [-0.1, -0.05) is 23.5 Å². The molecule has 0 N–H and O–H groups in total. The van der Waals surface area contributed by atoms with Crippen molar-refractivity contribution in [1.29, 1.82) is 0 Å². The molecule has 7 heteroatoms. The fourth-order valence-electron chi connectivity index (χ4n) is 3.28. The van der Waals surface area contributed by atoms with E-state index in [1.807, 2.05) is 49.4 Å². The van der Waals surface area contributed by atoms with Crippen molar-refractivity contribution in [1.82, 2.24) is 4.98 Å². The Morgan fingerprint density at radius 3 is 2.96 bits per heavy atom. The van der Waals surface area contributed by atoms with E-state index < -0.39 is 0 Å². The van der Waals surface area contributed by atoms with Gasteiger partial charge in [0.1, 0.15) is 5.75 Å². The van der Waals surface area contributed by atoms with E-state index in [1.165, 1.54) is 11.3 Å². The first-order chi connectivity index (χ1) is 13.7. The van der Waals surface area contributed by atoms with Gasteiger partial charge in [0.25, 0.3) is 5.91 Å². The van der Waals surface area contributed by atoms with E-state index in [2.05, 4.69) is 22.6 Å². The lowest BCUT2D eigenvalue weighted by Crippen LogP contribution is -2.37. The Morgan fingerprint density at radius 1 is 1.36 bits per heavy atom. The maximum absolute atomic E-state index is 13.4. The molecule has 1 aliphatic heterocycles. The summed E-state index contributed by atoms with van der Waals surface area (Å²) in [6, 6.07) is 13.5. The largest absolute Gasteiger partial charge is 0.494 e. The van der Waals surface area contributed by atoms with Crippen molar-refractivity contribution in [2.45, 2.75) is 25.9 Å². The Labute approximate surface area is 181 Å². The zero-order chi connectivity index (χ0) is 19.5. The van der Waals surface area contributed by atoms with Crippen LogP contribution in [0.2, 0.25) is 0 Å². The number of ether oxygens (including phenoxy) is 2. The predicted molar refractivity (Wildman–Crippen MR) is 121 cm³/mol. The number of nitrogens with zero attached hydrogens (tertiary/aromatic N) is 2. The molecule has 1 unspecified atom stereocenters. The highest BCUT2D eigenvalue weighted by molar-refractivity contribution is 14.1. The van der Waals surface area contributed by atoms with Gasteiger partial charge >= 0.3 is 0 Å². The summed E-state index contributed by atoms with van der Waals surface area (Å²) in [6.07, 6.45) is 2.05. The monoisotopic (exact) mass is 508 g/mol. The third-order valence-corrected chi connectivity index (χ3v) is 6.63. The Kier molecular flexibility index (Phi) is 6.13. The minimum absolute atomic E-state index is 0.0374. The van der Waals surface area contributed by atoms with Crippen LogP contribution in [0.5, 0.6) is 5.75 Å². The summed E-state index contributed by atoms with van der Waals surface area (Å²) in [5.74, 6) is 0.782. The Balaban J connectivity index is 1.71. The molecular formula is C21H21IN2O3S. The summed E-state index contributed by atoms with van der Waals surface area (Å²) >= 11 is 3.72. The van der Waals surface area contributed by atoms with Crippen LogP contribution in [0.15, 0.2) is 42.5 Å². The van der Waals surface area contributed by atoms with Gasteiger partial charge in [0.15, 0.2) is 5.13 Å². The van der Waals surface area contributed by atoms with E-state index in [0.29, 0.717) is 23.8 Å². The maximum Gasteiger partial charge on any atom is 0.261 e. The quantitative estimate of drug-likeness (QED) is 0.434. The molecule has 28 heavy (non-hydrogen) atoms. The van der Waals surface area contributed by atoms with Gasteiger partial charge in [-0.3, -0.25) is 9.69 Å². The van der Waals surface area contributed by atoms with Crippen LogP contribution in [0.3, 0.4) is 0 Å². The number of carbonyl (C=O) groups excluding carboxylic acids is 1. The highest BCUT2D eigenvalue weighted by Gasteiger charge is 2.28. The van der Waals surface area contributed by atoms with Crippen molar-refractivity contribution in [2.75, 3.05) is 24.7 Å². The smallest absolute Gasteiger partial charge is 0.261 e. The van der Waals surface area contributed by atoms with Gasteiger partial charge < -0.3 is 9.47 Å². The lowest BCUT2D eigenvalue weighted by atomic mass is 10.2. The lowest BCUT2D eigenvalue weighted by Gasteiger charge is -2.23. The third kappa shape index (κ3) is 4.16. The fourth-order valence-corrected chi connectivity index (χ4v) is 4.90. The zero-order valence-corrected chi connectivity index (χ0v) is 18.5. The second-order valence-electron chi connectivity index (χ2n) is 6.59. The molecule has 146 valence electrons. The minimum atomic E-state index is -0.0374. The lowest BCUT2D eigenvalue weighted by molar-refractivity contribution is 0.0916. The second-order valence-corrected chi connectivity index (χ2v) is 8.76. The Bertz CT molecular complexity index is 985. The van der Waals surface area contributed by atoms with Crippen molar-refractivity contribution in [3.63, 3.8) is 0 Å². The number of hydrogen-bond acceptors (Lipinski definition) is 5. The van der Waals surface area contributed by atoms with E-state index >= 15 is 0 Å². The average Bonchev–Trinajstić information content (AvgIpc) is 3.35. The summed E-state index contributed by atoms with van der Waals surface area (Å²) in [7, 11) is 0. The van der Waals surface area contributed by atoms with E-state index in [4.69, 9.17) is 14.5 Å². The number of anilines is 1. The van der Waals surface area contributed by atoms with Crippen molar-refractivity contribution >= 4 is 55.2 Å². The molecule has 0 spiro atoms. The molecule has 2 aromatic carbocycles. The van der Waals surface area contributed by atoms with Gasteiger partial charge in [0, 0.05) is 10.2 Å². The van der Waals surface area contributed by atoms with Gasteiger partial charge in [-0.15, -0.1) is 0 Å². The molecule has 5 nitrogen and oxygen atoms in total. The molecule has 1 fully saturated rings. The van der Waals surface area contributed by atoms with E-state index in [1.54, 1.807) is 4.90 Å². The number of halogens is 1. The number of benzene rings is 2. The molecule has 0 radical (unpaired) electrons. The third-order valence-electron chi connectivity index (χ3n) is 4.65. The van der Waals surface area contributed by atoms with Gasteiger partial charge in [0.2, 0.25) is 0 Å². The first kappa shape index (κ1) is 19.6. The normalized spacial score (nSPS) is 16.4. The molecule has 1 saturated heterocycles. The average molecular weight is 508 g/mol. The van der Waals surface area contributed by atoms with Crippen molar-refractivity contribution in [3.8, 4) is 5.75 Å². The number of hydrogen-bond donors (Lipinski definition) is 0. The molecule has 0 saturated carbocycles. The summed E-state index contributed by atoms with van der Waals surface area (Å²) in [5, 5.41) is 0.698. The standard InChI is InChI=1S/C21H21IN2O3S/c1-2-26-14-9-10-18-19(12-14)28-21(23-18)24(13-15-6-5-11-27-15)20(25)16-7-3-4-8-17(16)22/h3-4,7-10,12,15H,2,5-6,11,13H2,1H3. The zero-order valence-electron chi connectivity index (χ0n) is 15.6.